The molecule has 3 nitrogen and oxygen atoms in total. The summed E-state index contributed by atoms with van der Waals surface area (Å²) in [4.78, 5) is 0. The van der Waals surface area contributed by atoms with Gasteiger partial charge in [-0.1, -0.05) is 6.92 Å². The van der Waals surface area contributed by atoms with Gasteiger partial charge in [0.1, 0.15) is 0 Å². The number of fused-ring (bicyclic) bond motifs is 2. The second-order valence-corrected chi connectivity index (χ2v) is 4.11. The van der Waals surface area contributed by atoms with E-state index in [1.54, 1.807) is 0 Å². The molecule has 3 rings (SSSR count). The van der Waals surface area contributed by atoms with E-state index in [1.165, 1.54) is 11.1 Å². The first-order chi connectivity index (χ1) is 6.75. The number of ether oxygens (including phenoxy) is 2. The fourth-order valence-electron chi connectivity index (χ4n) is 2.27. The number of rotatable bonds is 0. The maximum Gasteiger partial charge on any atom is 0.231 e. The Morgan fingerprint density at radius 2 is 2.00 bits per heavy atom. The van der Waals surface area contributed by atoms with Crippen molar-refractivity contribution in [3.05, 3.63) is 23.3 Å². The lowest BCUT2D eigenvalue weighted by atomic mass is 10.0. The molecular weight excluding hydrogens is 178 g/mol. The van der Waals surface area contributed by atoms with Crippen molar-refractivity contribution in [2.45, 2.75) is 19.4 Å². The largest absolute Gasteiger partial charge is 0.454 e. The molecule has 3 heteroatoms. The van der Waals surface area contributed by atoms with E-state index in [0.29, 0.717) is 12.7 Å². The van der Waals surface area contributed by atoms with Crippen molar-refractivity contribution >= 4 is 0 Å². The molecule has 0 aromatic heterocycles. The maximum atomic E-state index is 6.09. The van der Waals surface area contributed by atoms with Crippen molar-refractivity contribution in [2.24, 2.45) is 11.7 Å². The van der Waals surface area contributed by atoms with Crippen molar-refractivity contribution in [3.63, 3.8) is 0 Å². The minimum atomic E-state index is 0.152. The summed E-state index contributed by atoms with van der Waals surface area (Å²) in [6, 6.07) is 4.26. The molecule has 0 fully saturated rings. The highest BCUT2D eigenvalue weighted by Crippen LogP contribution is 2.42. The van der Waals surface area contributed by atoms with Crippen molar-refractivity contribution in [2.75, 3.05) is 6.79 Å². The summed E-state index contributed by atoms with van der Waals surface area (Å²) in [5, 5.41) is 0. The summed E-state index contributed by atoms with van der Waals surface area (Å²) in [5.41, 5.74) is 8.63. The highest BCUT2D eigenvalue weighted by molar-refractivity contribution is 5.51. The molecule has 74 valence electrons. The topological polar surface area (TPSA) is 44.5 Å². The third-order valence-electron chi connectivity index (χ3n) is 3.15. The zero-order chi connectivity index (χ0) is 9.71. The Bertz CT molecular complexity index is 389. The van der Waals surface area contributed by atoms with Crippen LogP contribution in [0.2, 0.25) is 0 Å². The van der Waals surface area contributed by atoms with Gasteiger partial charge in [0.15, 0.2) is 11.5 Å². The van der Waals surface area contributed by atoms with Gasteiger partial charge in [0, 0.05) is 6.04 Å². The molecule has 2 atom stereocenters. The van der Waals surface area contributed by atoms with Crippen molar-refractivity contribution < 1.29 is 9.47 Å². The molecule has 2 N–H and O–H groups in total. The van der Waals surface area contributed by atoms with Gasteiger partial charge in [-0.25, -0.2) is 0 Å². The van der Waals surface area contributed by atoms with E-state index in [0.717, 1.165) is 17.9 Å². The SMILES string of the molecule is CC1Cc2cc3c(cc2C1N)OCO3. The average molecular weight is 191 g/mol. The minimum Gasteiger partial charge on any atom is -0.454 e. The Kier molecular flexibility index (Phi) is 1.53. The minimum absolute atomic E-state index is 0.152. The average Bonchev–Trinajstić information content (AvgIpc) is 2.70. The summed E-state index contributed by atoms with van der Waals surface area (Å²) in [6.07, 6.45) is 1.05. The van der Waals surface area contributed by atoms with Crippen molar-refractivity contribution in [1.29, 1.82) is 0 Å². The van der Waals surface area contributed by atoms with Crippen LogP contribution in [0.1, 0.15) is 24.1 Å². The summed E-state index contributed by atoms with van der Waals surface area (Å²) in [6.45, 7) is 2.51. The smallest absolute Gasteiger partial charge is 0.231 e. The van der Waals surface area contributed by atoms with Gasteiger partial charge < -0.3 is 15.2 Å². The number of hydrogen-bond donors (Lipinski definition) is 1. The van der Waals surface area contributed by atoms with Crippen molar-refractivity contribution in [3.8, 4) is 11.5 Å². The van der Waals surface area contributed by atoms with Gasteiger partial charge in [-0.15, -0.1) is 0 Å². The molecule has 14 heavy (non-hydrogen) atoms. The molecule has 1 aromatic carbocycles. The molecule has 1 aliphatic heterocycles. The first-order valence-corrected chi connectivity index (χ1v) is 4.93. The Morgan fingerprint density at radius 3 is 2.79 bits per heavy atom. The van der Waals surface area contributed by atoms with Crippen LogP contribution >= 0.6 is 0 Å². The van der Waals surface area contributed by atoms with Gasteiger partial charge >= 0.3 is 0 Å². The Labute approximate surface area is 82.8 Å². The fraction of sp³-hybridized carbons (Fsp3) is 0.455. The molecule has 0 saturated heterocycles. The normalized spacial score (nSPS) is 27.9. The first kappa shape index (κ1) is 8.12. The lowest BCUT2D eigenvalue weighted by Gasteiger charge is -2.09. The molecule has 0 saturated carbocycles. The molecule has 0 radical (unpaired) electrons. The van der Waals surface area contributed by atoms with Crippen LogP contribution in [0.4, 0.5) is 0 Å². The molecule has 0 bridgehead atoms. The molecule has 2 unspecified atom stereocenters. The van der Waals surface area contributed by atoms with Crippen LogP contribution in [-0.2, 0) is 6.42 Å². The number of benzene rings is 1. The third-order valence-corrected chi connectivity index (χ3v) is 3.15. The van der Waals surface area contributed by atoms with E-state index >= 15 is 0 Å². The van der Waals surface area contributed by atoms with Crippen LogP contribution in [0.15, 0.2) is 12.1 Å². The van der Waals surface area contributed by atoms with Crippen LogP contribution in [0.5, 0.6) is 11.5 Å². The summed E-state index contributed by atoms with van der Waals surface area (Å²) in [7, 11) is 0. The quantitative estimate of drug-likeness (QED) is 0.677. The van der Waals surface area contributed by atoms with E-state index in [2.05, 4.69) is 13.0 Å². The van der Waals surface area contributed by atoms with Gasteiger partial charge in [0.2, 0.25) is 6.79 Å². The van der Waals surface area contributed by atoms with E-state index in [9.17, 15) is 0 Å². The van der Waals surface area contributed by atoms with Crippen LogP contribution in [-0.4, -0.2) is 6.79 Å². The maximum absolute atomic E-state index is 6.09. The van der Waals surface area contributed by atoms with E-state index in [1.807, 2.05) is 6.07 Å². The van der Waals surface area contributed by atoms with Gasteiger partial charge in [-0.2, -0.15) is 0 Å². The standard InChI is InChI=1S/C11H13NO2/c1-6-2-7-3-9-10(14-5-13-9)4-8(7)11(6)12/h3-4,6,11H,2,5,12H2,1H3. The summed E-state index contributed by atoms with van der Waals surface area (Å²) >= 11 is 0. The van der Waals surface area contributed by atoms with Gasteiger partial charge in [-0.05, 0) is 35.6 Å². The Hall–Kier alpha value is -1.22. The van der Waals surface area contributed by atoms with Crippen LogP contribution in [0, 0.1) is 5.92 Å². The Morgan fingerprint density at radius 1 is 1.29 bits per heavy atom. The van der Waals surface area contributed by atoms with Gasteiger partial charge in [0.25, 0.3) is 0 Å². The lowest BCUT2D eigenvalue weighted by Crippen LogP contribution is -2.13. The lowest BCUT2D eigenvalue weighted by molar-refractivity contribution is 0.174. The van der Waals surface area contributed by atoms with Crippen LogP contribution in [0.3, 0.4) is 0 Å². The number of nitrogens with two attached hydrogens (primary N) is 1. The van der Waals surface area contributed by atoms with Gasteiger partial charge in [0.05, 0.1) is 0 Å². The molecule has 0 amide bonds. The van der Waals surface area contributed by atoms with Crippen LogP contribution < -0.4 is 15.2 Å². The molecule has 1 aromatic rings. The number of hydrogen-bond acceptors (Lipinski definition) is 3. The Balaban J connectivity index is 2.13. The molecule has 2 aliphatic rings. The highest BCUT2D eigenvalue weighted by atomic mass is 16.7. The monoisotopic (exact) mass is 191 g/mol. The highest BCUT2D eigenvalue weighted by Gasteiger charge is 2.29. The predicted octanol–water partition coefficient (Wildman–Crippen LogP) is 1.61. The molecule has 1 heterocycles. The molecule has 1 aliphatic carbocycles. The zero-order valence-corrected chi connectivity index (χ0v) is 8.12. The summed E-state index contributed by atoms with van der Waals surface area (Å²) < 4.78 is 10.7. The first-order valence-electron chi connectivity index (χ1n) is 4.93. The van der Waals surface area contributed by atoms with E-state index < -0.39 is 0 Å². The van der Waals surface area contributed by atoms with Crippen LogP contribution in [0.25, 0.3) is 0 Å². The molecular formula is C11H13NO2. The zero-order valence-electron chi connectivity index (χ0n) is 8.12. The van der Waals surface area contributed by atoms with E-state index in [-0.39, 0.29) is 6.04 Å². The predicted molar refractivity (Wildman–Crippen MR) is 52.4 cm³/mol. The third kappa shape index (κ3) is 0.960. The fourth-order valence-corrected chi connectivity index (χ4v) is 2.27. The molecule has 0 spiro atoms. The second kappa shape index (κ2) is 2.64. The van der Waals surface area contributed by atoms with E-state index in [4.69, 9.17) is 15.2 Å². The van der Waals surface area contributed by atoms with Gasteiger partial charge in [-0.3, -0.25) is 0 Å². The summed E-state index contributed by atoms with van der Waals surface area (Å²) in [5.74, 6) is 2.23. The van der Waals surface area contributed by atoms with Crippen molar-refractivity contribution in [1.82, 2.24) is 0 Å². The second-order valence-electron chi connectivity index (χ2n) is 4.11.